The van der Waals surface area contributed by atoms with Crippen LogP contribution < -0.4 is 10.2 Å². The fourth-order valence-electron chi connectivity index (χ4n) is 3.03. The van der Waals surface area contributed by atoms with Crippen LogP contribution >= 0.6 is 0 Å². The van der Waals surface area contributed by atoms with E-state index >= 15 is 0 Å². The first-order chi connectivity index (χ1) is 9.53. The summed E-state index contributed by atoms with van der Waals surface area (Å²) in [7, 11) is -2.84. The highest BCUT2D eigenvalue weighted by Crippen LogP contribution is 2.29. The molecule has 3 rings (SSSR count). The van der Waals surface area contributed by atoms with E-state index in [4.69, 9.17) is 0 Å². The number of rotatable bonds is 1. The lowest BCUT2D eigenvalue weighted by atomic mass is 9.98. The van der Waals surface area contributed by atoms with Crippen LogP contribution in [-0.2, 0) is 16.3 Å². The van der Waals surface area contributed by atoms with Crippen molar-refractivity contribution in [3.8, 4) is 0 Å². The van der Waals surface area contributed by atoms with Gasteiger partial charge in [0.05, 0.1) is 11.5 Å². The Morgan fingerprint density at radius 2 is 2.10 bits per heavy atom. The van der Waals surface area contributed by atoms with Gasteiger partial charge in [0.1, 0.15) is 0 Å². The predicted octanol–water partition coefficient (Wildman–Crippen LogP) is 2.06. The van der Waals surface area contributed by atoms with Gasteiger partial charge in [0.15, 0.2) is 9.84 Å². The zero-order valence-corrected chi connectivity index (χ0v) is 12.7. The van der Waals surface area contributed by atoms with Crippen LogP contribution in [0.1, 0.15) is 25.3 Å². The minimum Gasteiger partial charge on any atom is -0.382 e. The third-order valence-electron chi connectivity index (χ3n) is 4.26. The summed E-state index contributed by atoms with van der Waals surface area (Å²) in [5.74, 6) is 0.604. The van der Waals surface area contributed by atoms with Crippen LogP contribution in [0.4, 0.5) is 11.4 Å². The van der Waals surface area contributed by atoms with Crippen molar-refractivity contribution in [2.45, 2.75) is 32.2 Å². The number of fused-ring (bicyclic) bond motifs is 1. The predicted molar refractivity (Wildman–Crippen MR) is 83.3 cm³/mol. The van der Waals surface area contributed by atoms with Crippen LogP contribution in [0, 0.1) is 0 Å². The zero-order chi connectivity index (χ0) is 14.2. The number of hydrogen-bond donors (Lipinski definition) is 1. The number of nitrogens with zero attached hydrogens (tertiary/aromatic N) is 1. The Morgan fingerprint density at radius 1 is 1.25 bits per heavy atom. The largest absolute Gasteiger partial charge is 0.382 e. The van der Waals surface area contributed by atoms with Gasteiger partial charge in [-0.25, -0.2) is 8.42 Å². The van der Waals surface area contributed by atoms with Crippen LogP contribution in [-0.4, -0.2) is 39.1 Å². The molecule has 0 amide bonds. The molecule has 2 aliphatic heterocycles. The second-order valence-electron chi connectivity index (χ2n) is 5.92. The monoisotopic (exact) mass is 294 g/mol. The summed E-state index contributed by atoms with van der Waals surface area (Å²) < 4.78 is 23.4. The van der Waals surface area contributed by atoms with Crippen molar-refractivity contribution in [1.82, 2.24) is 0 Å². The lowest BCUT2D eigenvalue weighted by Crippen LogP contribution is -2.27. The summed E-state index contributed by atoms with van der Waals surface area (Å²) in [5, 5.41) is 3.50. The minimum absolute atomic E-state index is 0.277. The standard InChI is InChI=1S/C15H22N2O2S/c1-12-3-4-13-11-14(5-6-15(13)16-12)17-7-2-9-20(18,19)10-8-17/h5-6,11-12,16H,2-4,7-10H2,1H3. The highest BCUT2D eigenvalue weighted by molar-refractivity contribution is 7.91. The van der Waals surface area contributed by atoms with Gasteiger partial charge in [-0.1, -0.05) is 0 Å². The lowest BCUT2D eigenvalue weighted by molar-refractivity contribution is 0.597. The number of nitrogens with one attached hydrogen (secondary N) is 1. The molecule has 1 fully saturated rings. The van der Waals surface area contributed by atoms with Gasteiger partial charge in [0.25, 0.3) is 0 Å². The Labute approximate surface area is 121 Å². The second-order valence-corrected chi connectivity index (χ2v) is 8.22. The Hall–Kier alpha value is -1.23. The van der Waals surface area contributed by atoms with Gasteiger partial charge in [-0.2, -0.15) is 0 Å². The van der Waals surface area contributed by atoms with Crippen molar-refractivity contribution in [3.63, 3.8) is 0 Å². The first-order valence-corrected chi connectivity index (χ1v) is 9.20. The van der Waals surface area contributed by atoms with E-state index < -0.39 is 9.84 Å². The average Bonchev–Trinajstić information content (AvgIpc) is 2.59. The number of sulfone groups is 1. The van der Waals surface area contributed by atoms with Crippen molar-refractivity contribution in [1.29, 1.82) is 0 Å². The van der Waals surface area contributed by atoms with Crippen molar-refractivity contribution in [2.24, 2.45) is 0 Å². The van der Waals surface area contributed by atoms with Crippen LogP contribution in [0.25, 0.3) is 0 Å². The Balaban J connectivity index is 1.81. The zero-order valence-electron chi connectivity index (χ0n) is 11.9. The molecule has 0 aromatic heterocycles. The van der Waals surface area contributed by atoms with E-state index in [9.17, 15) is 8.42 Å². The molecule has 1 aromatic rings. The molecule has 0 radical (unpaired) electrons. The maximum Gasteiger partial charge on any atom is 0.152 e. The van der Waals surface area contributed by atoms with Gasteiger partial charge in [-0.3, -0.25) is 0 Å². The number of hydrogen-bond acceptors (Lipinski definition) is 4. The van der Waals surface area contributed by atoms with E-state index in [-0.39, 0.29) is 5.75 Å². The number of benzene rings is 1. The topological polar surface area (TPSA) is 49.4 Å². The van der Waals surface area contributed by atoms with Gasteiger partial charge in [0, 0.05) is 30.5 Å². The van der Waals surface area contributed by atoms with Crippen LogP contribution in [0.5, 0.6) is 0 Å². The minimum atomic E-state index is -2.84. The molecule has 1 unspecified atom stereocenters. The van der Waals surface area contributed by atoms with Crippen molar-refractivity contribution < 1.29 is 8.42 Å². The van der Waals surface area contributed by atoms with E-state index in [2.05, 4.69) is 35.3 Å². The van der Waals surface area contributed by atoms with Gasteiger partial charge in [-0.15, -0.1) is 0 Å². The van der Waals surface area contributed by atoms with E-state index in [0.29, 0.717) is 18.3 Å². The van der Waals surface area contributed by atoms with Crippen molar-refractivity contribution in [3.05, 3.63) is 23.8 Å². The molecule has 20 heavy (non-hydrogen) atoms. The van der Waals surface area contributed by atoms with Gasteiger partial charge >= 0.3 is 0 Å². The van der Waals surface area contributed by atoms with Gasteiger partial charge in [0.2, 0.25) is 0 Å². The fourth-order valence-corrected chi connectivity index (χ4v) is 4.30. The number of anilines is 2. The molecular weight excluding hydrogens is 272 g/mol. The second kappa shape index (κ2) is 5.28. The quantitative estimate of drug-likeness (QED) is 0.861. The summed E-state index contributed by atoms with van der Waals surface area (Å²) in [6.45, 7) is 3.66. The summed E-state index contributed by atoms with van der Waals surface area (Å²) in [4.78, 5) is 2.21. The lowest BCUT2D eigenvalue weighted by Gasteiger charge is -2.28. The molecule has 0 aliphatic carbocycles. The molecule has 0 spiro atoms. The molecule has 0 bridgehead atoms. The SMILES string of the molecule is CC1CCc2cc(N3CCCS(=O)(=O)CC3)ccc2N1. The molecule has 4 nitrogen and oxygen atoms in total. The number of aryl methyl sites for hydroxylation is 1. The van der Waals surface area contributed by atoms with E-state index in [0.717, 1.165) is 31.5 Å². The smallest absolute Gasteiger partial charge is 0.152 e. The average molecular weight is 294 g/mol. The van der Waals surface area contributed by atoms with Crippen molar-refractivity contribution in [2.75, 3.05) is 34.8 Å². The molecular formula is C15H22N2O2S. The summed E-state index contributed by atoms with van der Waals surface area (Å²) >= 11 is 0. The maximum atomic E-state index is 11.7. The molecule has 0 saturated carbocycles. The molecule has 1 atom stereocenters. The Kier molecular flexibility index (Phi) is 3.63. The van der Waals surface area contributed by atoms with Crippen LogP contribution in [0.15, 0.2) is 18.2 Å². The van der Waals surface area contributed by atoms with Crippen LogP contribution in [0.2, 0.25) is 0 Å². The molecule has 1 aromatic carbocycles. The fraction of sp³-hybridized carbons (Fsp3) is 0.600. The van der Waals surface area contributed by atoms with E-state index in [1.807, 2.05) is 0 Å². The Bertz CT molecular complexity index is 598. The summed E-state index contributed by atoms with van der Waals surface area (Å²) in [5.41, 5.74) is 3.75. The highest BCUT2D eigenvalue weighted by Gasteiger charge is 2.21. The molecule has 5 heteroatoms. The van der Waals surface area contributed by atoms with Crippen molar-refractivity contribution >= 4 is 21.2 Å². The first kappa shape index (κ1) is 13.7. The summed E-state index contributed by atoms with van der Waals surface area (Å²) in [6.07, 6.45) is 2.99. The van der Waals surface area contributed by atoms with Crippen LogP contribution in [0.3, 0.4) is 0 Å². The molecule has 1 N–H and O–H groups in total. The molecule has 1 saturated heterocycles. The first-order valence-electron chi connectivity index (χ1n) is 7.38. The van der Waals surface area contributed by atoms with Gasteiger partial charge in [-0.05, 0) is 49.9 Å². The van der Waals surface area contributed by atoms with E-state index in [1.165, 1.54) is 11.3 Å². The van der Waals surface area contributed by atoms with Gasteiger partial charge < -0.3 is 10.2 Å². The maximum absolute atomic E-state index is 11.7. The highest BCUT2D eigenvalue weighted by atomic mass is 32.2. The van der Waals surface area contributed by atoms with E-state index in [1.54, 1.807) is 0 Å². The Morgan fingerprint density at radius 3 is 2.95 bits per heavy atom. The molecule has 110 valence electrons. The third-order valence-corrected chi connectivity index (χ3v) is 5.97. The molecule has 2 heterocycles. The molecule has 2 aliphatic rings. The summed E-state index contributed by atoms with van der Waals surface area (Å²) in [6, 6.07) is 7.02. The normalized spacial score (nSPS) is 25.4. The third kappa shape index (κ3) is 2.92.